The molecule has 21 heavy (non-hydrogen) atoms. The number of hydrogen-bond donors (Lipinski definition) is 1. The summed E-state index contributed by atoms with van der Waals surface area (Å²) in [6.45, 7) is 8.24. The topological polar surface area (TPSA) is 24.5 Å². The van der Waals surface area contributed by atoms with Crippen molar-refractivity contribution in [3.05, 3.63) is 29.8 Å². The van der Waals surface area contributed by atoms with Crippen molar-refractivity contribution in [2.75, 3.05) is 26.7 Å². The number of likely N-dealkylation sites (N-methyl/N-ethyl adjacent to an activating group) is 1. The van der Waals surface area contributed by atoms with E-state index in [9.17, 15) is 0 Å². The first kappa shape index (κ1) is 16.3. The van der Waals surface area contributed by atoms with E-state index in [0.717, 1.165) is 38.0 Å². The van der Waals surface area contributed by atoms with Gasteiger partial charge in [-0.3, -0.25) is 0 Å². The van der Waals surface area contributed by atoms with Gasteiger partial charge in [0.1, 0.15) is 12.4 Å². The highest BCUT2D eigenvalue weighted by atomic mass is 16.5. The van der Waals surface area contributed by atoms with E-state index in [1.54, 1.807) is 0 Å². The third-order valence-electron chi connectivity index (χ3n) is 4.22. The highest BCUT2D eigenvalue weighted by Gasteiger charge is 2.21. The van der Waals surface area contributed by atoms with Crippen LogP contribution in [0.3, 0.4) is 0 Å². The summed E-state index contributed by atoms with van der Waals surface area (Å²) < 4.78 is 5.83. The van der Waals surface area contributed by atoms with Crippen molar-refractivity contribution < 1.29 is 4.74 Å². The summed E-state index contributed by atoms with van der Waals surface area (Å²) in [4.78, 5) is 2.42. The second-order valence-corrected chi connectivity index (χ2v) is 6.58. The minimum absolute atomic E-state index is 0.695. The van der Waals surface area contributed by atoms with Gasteiger partial charge in [0.25, 0.3) is 0 Å². The van der Waals surface area contributed by atoms with Gasteiger partial charge in [0.15, 0.2) is 0 Å². The van der Waals surface area contributed by atoms with Crippen LogP contribution in [0.4, 0.5) is 0 Å². The summed E-state index contributed by atoms with van der Waals surface area (Å²) in [5.74, 6) is 1.67. The second-order valence-electron chi connectivity index (χ2n) is 6.58. The van der Waals surface area contributed by atoms with E-state index in [1.807, 2.05) is 0 Å². The summed E-state index contributed by atoms with van der Waals surface area (Å²) >= 11 is 0. The molecule has 1 aromatic carbocycles. The lowest BCUT2D eigenvalue weighted by Crippen LogP contribution is -2.39. The third-order valence-corrected chi connectivity index (χ3v) is 4.22. The Balaban J connectivity index is 1.64. The maximum Gasteiger partial charge on any atom is 0.119 e. The monoisotopic (exact) mass is 290 g/mol. The third kappa shape index (κ3) is 5.68. The fourth-order valence-corrected chi connectivity index (χ4v) is 2.53. The number of nitrogens with zero attached hydrogens (tertiary/aromatic N) is 1. The maximum atomic E-state index is 5.83. The Hall–Kier alpha value is -1.06. The molecule has 1 N–H and O–H groups in total. The van der Waals surface area contributed by atoms with E-state index in [2.05, 4.69) is 55.4 Å². The number of nitrogens with one attached hydrogen (secondary N) is 1. The molecule has 0 unspecified atom stereocenters. The van der Waals surface area contributed by atoms with Gasteiger partial charge < -0.3 is 15.0 Å². The molecule has 2 rings (SSSR count). The average Bonchev–Trinajstić information content (AvgIpc) is 2.38. The van der Waals surface area contributed by atoms with Gasteiger partial charge in [-0.15, -0.1) is 0 Å². The van der Waals surface area contributed by atoms with Crippen molar-refractivity contribution in [3.8, 4) is 5.75 Å². The molecule has 0 spiro atoms. The lowest BCUT2D eigenvalue weighted by atomic mass is 9.92. The first-order chi connectivity index (χ1) is 10.1. The van der Waals surface area contributed by atoms with Gasteiger partial charge in [-0.05, 0) is 50.0 Å². The molecule has 0 atom stereocenters. The van der Waals surface area contributed by atoms with Gasteiger partial charge in [-0.2, -0.15) is 0 Å². The van der Waals surface area contributed by atoms with Crippen LogP contribution in [0.2, 0.25) is 0 Å². The zero-order valence-corrected chi connectivity index (χ0v) is 13.8. The van der Waals surface area contributed by atoms with Crippen LogP contribution in [0.5, 0.6) is 5.75 Å². The molecule has 0 amide bonds. The van der Waals surface area contributed by atoms with Gasteiger partial charge in [-0.1, -0.05) is 32.4 Å². The summed E-state index contributed by atoms with van der Waals surface area (Å²) in [5, 5.41) is 3.46. The van der Waals surface area contributed by atoms with Crippen LogP contribution in [0.1, 0.15) is 38.7 Å². The van der Waals surface area contributed by atoms with Crippen molar-refractivity contribution in [2.24, 2.45) is 5.92 Å². The number of ether oxygens (including phenoxy) is 1. The Kier molecular flexibility index (Phi) is 6.52. The number of rotatable bonds is 9. The molecule has 0 aliphatic heterocycles. The molecule has 1 saturated carbocycles. The summed E-state index contributed by atoms with van der Waals surface area (Å²) in [6, 6.07) is 9.25. The molecule has 1 aromatic rings. The van der Waals surface area contributed by atoms with Crippen LogP contribution in [0.25, 0.3) is 0 Å². The minimum Gasteiger partial charge on any atom is -0.492 e. The SMILES string of the molecule is CC(C)CNCc1ccc(OCCN(C)C2CCC2)cc1. The molecule has 0 saturated heterocycles. The Morgan fingerprint density at radius 2 is 1.95 bits per heavy atom. The van der Waals surface area contributed by atoms with Gasteiger partial charge in [-0.25, -0.2) is 0 Å². The van der Waals surface area contributed by atoms with E-state index < -0.39 is 0 Å². The van der Waals surface area contributed by atoms with Crippen molar-refractivity contribution >= 4 is 0 Å². The number of benzene rings is 1. The summed E-state index contributed by atoms with van der Waals surface area (Å²) in [7, 11) is 2.21. The van der Waals surface area contributed by atoms with Crippen LogP contribution in [0.15, 0.2) is 24.3 Å². The van der Waals surface area contributed by atoms with Gasteiger partial charge in [0.2, 0.25) is 0 Å². The number of hydrogen-bond acceptors (Lipinski definition) is 3. The molecule has 0 bridgehead atoms. The molecular formula is C18H30N2O. The predicted molar refractivity (Wildman–Crippen MR) is 88.8 cm³/mol. The summed E-state index contributed by atoms with van der Waals surface area (Å²) in [6.07, 6.45) is 4.10. The molecule has 0 heterocycles. The van der Waals surface area contributed by atoms with Crippen molar-refractivity contribution in [1.29, 1.82) is 0 Å². The average molecular weight is 290 g/mol. The Morgan fingerprint density at radius 1 is 1.24 bits per heavy atom. The normalized spacial score (nSPS) is 15.5. The van der Waals surface area contributed by atoms with Crippen molar-refractivity contribution in [1.82, 2.24) is 10.2 Å². The van der Waals surface area contributed by atoms with Crippen LogP contribution in [-0.4, -0.2) is 37.7 Å². The van der Waals surface area contributed by atoms with Gasteiger partial charge >= 0.3 is 0 Å². The van der Waals surface area contributed by atoms with Crippen LogP contribution >= 0.6 is 0 Å². The van der Waals surface area contributed by atoms with Crippen LogP contribution < -0.4 is 10.1 Å². The quantitative estimate of drug-likeness (QED) is 0.755. The predicted octanol–water partition coefficient (Wildman–Crippen LogP) is 3.30. The maximum absolute atomic E-state index is 5.83. The lowest BCUT2D eigenvalue weighted by Gasteiger charge is -2.34. The van der Waals surface area contributed by atoms with Crippen LogP contribution in [-0.2, 0) is 6.54 Å². The lowest BCUT2D eigenvalue weighted by molar-refractivity contribution is 0.135. The molecule has 1 aliphatic rings. The zero-order chi connectivity index (χ0) is 15.1. The Morgan fingerprint density at radius 3 is 2.52 bits per heavy atom. The standard InChI is InChI=1S/C18H30N2O/c1-15(2)13-19-14-16-7-9-18(10-8-16)21-12-11-20(3)17-5-4-6-17/h7-10,15,17,19H,4-6,11-14H2,1-3H3. The van der Waals surface area contributed by atoms with Crippen molar-refractivity contribution in [3.63, 3.8) is 0 Å². The highest BCUT2D eigenvalue weighted by Crippen LogP contribution is 2.23. The molecule has 1 aliphatic carbocycles. The molecule has 118 valence electrons. The highest BCUT2D eigenvalue weighted by molar-refractivity contribution is 5.27. The van der Waals surface area contributed by atoms with Gasteiger partial charge in [0.05, 0.1) is 0 Å². The first-order valence-corrected chi connectivity index (χ1v) is 8.28. The Bertz CT molecular complexity index is 398. The van der Waals surface area contributed by atoms with Gasteiger partial charge in [0, 0.05) is 19.1 Å². The molecule has 0 aromatic heterocycles. The fraction of sp³-hybridized carbons (Fsp3) is 0.667. The molecule has 3 heteroatoms. The van der Waals surface area contributed by atoms with E-state index in [1.165, 1.54) is 24.8 Å². The molecular weight excluding hydrogens is 260 g/mol. The zero-order valence-electron chi connectivity index (χ0n) is 13.8. The van der Waals surface area contributed by atoms with Crippen molar-refractivity contribution in [2.45, 2.75) is 45.7 Å². The molecule has 3 nitrogen and oxygen atoms in total. The van der Waals surface area contributed by atoms with Crippen LogP contribution in [0, 0.1) is 5.92 Å². The second kappa shape index (κ2) is 8.40. The minimum atomic E-state index is 0.695. The molecule has 0 radical (unpaired) electrons. The first-order valence-electron chi connectivity index (χ1n) is 8.28. The molecule has 1 fully saturated rings. The smallest absolute Gasteiger partial charge is 0.119 e. The largest absolute Gasteiger partial charge is 0.492 e. The van der Waals surface area contributed by atoms with E-state index in [0.29, 0.717) is 5.92 Å². The van der Waals surface area contributed by atoms with E-state index >= 15 is 0 Å². The summed E-state index contributed by atoms with van der Waals surface area (Å²) in [5.41, 5.74) is 1.31. The van der Waals surface area contributed by atoms with E-state index in [-0.39, 0.29) is 0 Å². The van der Waals surface area contributed by atoms with E-state index in [4.69, 9.17) is 4.74 Å². The Labute approximate surface area is 129 Å². The fourth-order valence-electron chi connectivity index (χ4n) is 2.53.